The van der Waals surface area contributed by atoms with E-state index in [1.165, 1.54) is 0 Å². The zero-order chi connectivity index (χ0) is 13.5. The van der Waals surface area contributed by atoms with Gasteiger partial charge < -0.3 is 20.5 Å². The maximum Gasteiger partial charge on any atom is 0.407 e. The van der Waals surface area contributed by atoms with Crippen molar-refractivity contribution in [1.29, 1.82) is 0 Å². The summed E-state index contributed by atoms with van der Waals surface area (Å²) in [5.41, 5.74) is -0.467. The predicted molar refractivity (Wildman–Crippen MR) is 68.0 cm³/mol. The summed E-state index contributed by atoms with van der Waals surface area (Å²) in [4.78, 5) is 11.3. The van der Waals surface area contributed by atoms with E-state index in [0.29, 0.717) is 19.6 Å². The zero-order valence-electron chi connectivity index (χ0n) is 11.5. The number of amides is 1. The summed E-state index contributed by atoms with van der Waals surface area (Å²) >= 11 is 0. The number of rotatable bonds is 6. The Bertz CT molecular complexity index is 224. The molecule has 1 atom stereocenters. The number of aliphatic hydroxyl groups excluding tert-OH is 1. The normalized spacial score (nSPS) is 13.6. The van der Waals surface area contributed by atoms with Crippen molar-refractivity contribution in [3.8, 4) is 0 Å². The van der Waals surface area contributed by atoms with Crippen LogP contribution in [0.3, 0.4) is 0 Å². The van der Waals surface area contributed by atoms with Gasteiger partial charge in [-0.15, -0.1) is 0 Å². The predicted octanol–water partition coefficient (Wildman–Crippen LogP) is 1.12. The first-order valence-electron chi connectivity index (χ1n) is 6.08. The minimum Gasteiger partial charge on any atom is -0.444 e. The number of ether oxygens (including phenoxy) is 1. The molecule has 0 rings (SSSR count). The van der Waals surface area contributed by atoms with Crippen LogP contribution in [0.2, 0.25) is 0 Å². The number of alkyl carbamates (subject to hydrolysis) is 1. The molecule has 3 N–H and O–H groups in total. The molecule has 102 valence electrons. The van der Waals surface area contributed by atoms with Crippen molar-refractivity contribution in [2.45, 2.75) is 46.3 Å². The number of aliphatic hydroxyl groups is 1. The second kappa shape index (κ2) is 7.50. The number of nitrogens with one attached hydrogen (secondary N) is 2. The highest BCUT2D eigenvalue weighted by Gasteiger charge is 2.15. The lowest BCUT2D eigenvalue weighted by Crippen LogP contribution is -2.38. The average Bonchev–Trinajstić information content (AvgIpc) is 2.13. The molecule has 0 aromatic heterocycles. The number of hydrogen-bond acceptors (Lipinski definition) is 4. The molecule has 0 radical (unpaired) electrons. The monoisotopic (exact) mass is 246 g/mol. The van der Waals surface area contributed by atoms with Gasteiger partial charge in [-0.05, 0) is 26.7 Å². The van der Waals surface area contributed by atoms with E-state index >= 15 is 0 Å². The minimum absolute atomic E-state index is 0.237. The van der Waals surface area contributed by atoms with Crippen molar-refractivity contribution in [3.63, 3.8) is 0 Å². The molecule has 0 aliphatic rings. The highest BCUT2D eigenvalue weighted by atomic mass is 16.6. The Morgan fingerprint density at radius 1 is 1.29 bits per heavy atom. The van der Waals surface area contributed by atoms with Crippen molar-refractivity contribution in [2.75, 3.05) is 19.6 Å². The van der Waals surface area contributed by atoms with Crippen LogP contribution in [0.5, 0.6) is 0 Å². The largest absolute Gasteiger partial charge is 0.444 e. The zero-order valence-corrected chi connectivity index (χ0v) is 11.5. The maximum atomic E-state index is 11.3. The van der Waals surface area contributed by atoms with E-state index in [1.54, 1.807) is 0 Å². The van der Waals surface area contributed by atoms with Gasteiger partial charge in [0.2, 0.25) is 0 Å². The number of carbonyl (C=O) groups is 1. The van der Waals surface area contributed by atoms with Gasteiger partial charge in [-0.3, -0.25) is 0 Å². The van der Waals surface area contributed by atoms with Crippen LogP contribution in [0.15, 0.2) is 0 Å². The molecule has 0 aliphatic heterocycles. The van der Waals surface area contributed by atoms with Crippen LogP contribution < -0.4 is 10.6 Å². The minimum atomic E-state index is -0.467. The van der Waals surface area contributed by atoms with E-state index in [2.05, 4.69) is 10.6 Å². The molecule has 0 saturated carbocycles. The van der Waals surface area contributed by atoms with E-state index in [9.17, 15) is 9.90 Å². The summed E-state index contributed by atoms with van der Waals surface area (Å²) in [7, 11) is 0. The van der Waals surface area contributed by atoms with Crippen LogP contribution in [-0.4, -0.2) is 42.5 Å². The van der Waals surface area contributed by atoms with Crippen molar-refractivity contribution < 1.29 is 14.6 Å². The van der Waals surface area contributed by atoms with E-state index in [0.717, 1.165) is 0 Å². The average molecular weight is 246 g/mol. The standard InChI is InChI=1S/C12H26N2O3/c1-9(2)10(15)8-13-6-7-14-11(16)17-12(3,4)5/h9-10,13,15H,6-8H2,1-5H3,(H,14,16). The molecule has 17 heavy (non-hydrogen) atoms. The van der Waals surface area contributed by atoms with Gasteiger partial charge in [0, 0.05) is 19.6 Å². The molecule has 0 fully saturated rings. The van der Waals surface area contributed by atoms with Crippen LogP contribution >= 0.6 is 0 Å². The summed E-state index contributed by atoms with van der Waals surface area (Å²) in [6.45, 7) is 11.0. The Labute approximate surface area is 104 Å². The lowest BCUT2D eigenvalue weighted by molar-refractivity contribution is 0.0527. The fourth-order valence-electron chi connectivity index (χ4n) is 1.05. The molecule has 0 saturated heterocycles. The Morgan fingerprint density at radius 2 is 1.88 bits per heavy atom. The third kappa shape index (κ3) is 10.1. The summed E-state index contributed by atoms with van der Waals surface area (Å²) in [5.74, 6) is 0.237. The molecule has 0 spiro atoms. The van der Waals surface area contributed by atoms with Gasteiger partial charge in [0.15, 0.2) is 0 Å². The summed E-state index contributed by atoms with van der Waals surface area (Å²) in [6.07, 6.45) is -0.764. The highest BCUT2D eigenvalue weighted by molar-refractivity contribution is 5.67. The van der Waals surface area contributed by atoms with Gasteiger partial charge in [-0.1, -0.05) is 13.8 Å². The first kappa shape index (κ1) is 16.2. The van der Waals surface area contributed by atoms with Gasteiger partial charge in [0.25, 0.3) is 0 Å². The van der Waals surface area contributed by atoms with Crippen molar-refractivity contribution in [1.82, 2.24) is 10.6 Å². The molecule has 0 aromatic rings. The molecule has 0 bridgehead atoms. The smallest absolute Gasteiger partial charge is 0.407 e. The number of carbonyl (C=O) groups excluding carboxylic acids is 1. The fourth-order valence-corrected chi connectivity index (χ4v) is 1.05. The van der Waals surface area contributed by atoms with E-state index < -0.39 is 11.7 Å². The maximum absolute atomic E-state index is 11.3. The molecular weight excluding hydrogens is 220 g/mol. The molecule has 5 heteroatoms. The first-order chi connectivity index (χ1) is 7.72. The van der Waals surface area contributed by atoms with Crippen molar-refractivity contribution in [3.05, 3.63) is 0 Å². The molecule has 1 unspecified atom stereocenters. The second-order valence-electron chi connectivity index (χ2n) is 5.44. The third-order valence-electron chi connectivity index (χ3n) is 2.09. The van der Waals surface area contributed by atoms with Crippen LogP contribution in [0, 0.1) is 5.92 Å². The molecule has 0 aromatic carbocycles. The Kier molecular flexibility index (Phi) is 7.15. The molecular formula is C12H26N2O3. The van der Waals surface area contributed by atoms with Gasteiger partial charge in [-0.25, -0.2) is 4.79 Å². The molecule has 0 aliphatic carbocycles. The Hall–Kier alpha value is -0.810. The topological polar surface area (TPSA) is 70.6 Å². The van der Waals surface area contributed by atoms with Crippen LogP contribution in [0.1, 0.15) is 34.6 Å². The van der Waals surface area contributed by atoms with Crippen molar-refractivity contribution >= 4 is 6.09 Å². The SMILES string of the molecule is CC(C)C(O)CNCCNC(=O)OC(C)(C)C. The summed E-state index contributed by atoms with van der Waals surface area (Å²) < 4.78 is 5.08. The van der Waals surface area contributed by atoms with Gasteiger partial charge in [0.1, 0.15) is 5.60 Å². The first-order valence-corrected chi connectivity index (χ1v) is 6.08. The van der Waals surface area contributed by atoms with Gasteiger partial charge in [-0.2, -0.15) is 0 Å². The second-order valence-corrected chi connectivity index (χ2v) is 5.44. The van der Waals surface area contributed by atoms with Crippen LogP contribution in [0.25, 0.3) is 0 Å². The Morgan fingerprint density at radius 3 is 2.35 bits per heavy atom. The van der Waals surface area contributed by atoms with E-state index in [1.807, 2.05) is 34.6 Å². The van der Waals surface area contributed by atoms with Gasteiger partial charge in [0.05, 0.1) is 6.10 Å². The van der Waals surface area contributed by atoms with Crippen molar-refractivity contribution in [2.24, 2.45) is 5.92 Å². The summed E-state index contributed by atoms with van der Waals surface area (Å²) in [5, 5.41) is 15.2. The lowest BCUT2D eigenvalue weighted by Gasteiger charge is -2.20. The van der Waals surface area contributed by atoms with Gasteiger partial charge >= 0.3 is 6.09 Å². The van der Waals surface area contributed by atoms with Crippen LogP contribution in [-0.2, 0) is 4.74 Å². The summed E-state index contributed by atoms with van der Waals surface area (Å²) in [6, 6.07) is 0. The van der Waals surface area contributed by atoms with Crippen LogP contribution in [0.4, 0.5) is 4.79 Å². The molecule has 0 heterocycles. The lowest BCUT2D eigenvalue weighted by atomic mass is 10.1. The number of hydrogen-bond donors (Lipinski definition) is 3. The van der Waals surface area contributed by atoms with E-state index in [-0.39, 0.29) is 12.0 Å². The third-order valence-corrected chi connectivity index (χ3v) is 2.09. The highest BCUT2D eigenvalue weighted by Crippen LogP contribution is 2.05. The quantitative estimate of drug-likeness (QED) is 0.614. The van der Waals surface area contributed by atoms with E-state index in [4.69, 9.17) is 4.74 Å². The molecule has 5 nitrogen and oxygen atoms in total. The Balaban J connectivity index is 3.49. The fraction of sp³-hybridized carbons (Fsp3) is 0.917. The molecule has 1 amide bonds.